The van der Waals surface area contributed by atoms with Crippen molar-refractivity contribution in [2.75, 3.05) is 25.5 Å². The number of nitrogens with one attached hydrogen (secondary N) is 1. The molecule has 2 amide bonds. The summed E-state index contributed by atoms with van der Waals surface area (Å²) in [6.07, 6.45) is 0.905. The van der Waals surface area contributed by atoms with E-state index in [-0.39, 0.29) is 12.1 Å². The molecule has 0 radical (unpaired) electrons. The Hall–Kier alpha value is -2.58. The number of hydrogen-bond donors (Lipinski definition) is 1. The van der Waals surface area contributed by atoms with Gasteiger partial charge in [-0.25, -0.2) is 18.6 Å². The molecule has 0 aliphatic carbocycles. The van der Waals surface area contributed by atoms with Crippen molar-refractivity contribution in [3.05, 3.63) is 48.0 Å². The summed E-state index contributed by atoms with van der Waals surface area (Å²) in [6, 6.07) is 8.98. The molecule has 1 aliphatic rings. The Morgan fingerprint density at radius 1 is 1.26 bits per heavy atom. The molecular formula is C19H17F2N3O2S. The Bertz CT molecular complexity index is 1010. The molecule has 27 heavy (non-hydrogen) atoms. The fourth-order valence-corrected chi connectivity index (χ4v) is 4.01. The highest BCUT2D eigenvalue weighted by Gasteiger charge is 2.26. The number of methoxy groups -OCH3 is 1. The van der Waals surface area contributed by atoms with E-state index >= 15 is 0 Å². The van der Waals surface area contributed by atoms with Crippen molar-refractivity contribution in [1.82, 2.24) is 9.88 Å². The highest BCUT2D eigenvalue weighted by Crippen LogP contribution is 2.32. The third kappa shape index (κ3) is 3.63. The molecular weight excluding hydrogens is 372 g/mol. The number of benzene rings is 2. The first-order valence-corrected chi connectivity index (χ1v) is 9.30. The molecule has 8 heteroatoms. The van der Waals surface area contributed by atoms with Crippen LogP contribution >= 0.6 is 11.3 Å². The summed E-state index contributed by atoms with van der Waals surface area (Å²) in [5.74, 6) is -1.79. The van der Waals surface area contributed by atoms with Gasteiger partial charge in [-0.1, -0.05) is 0 Å². The zero-order chi connectivity index (χ0) is 19.0. The van der Waals surface area contributed by atoms with Crippen LogP contribution in [0.15, 0.2) is 36.4 Å². The molecule has 0 spiro atoms. The summed E-state index contributed by atoms with van der Waals surface area (Å²) in [7, 11) is 1.65. The number of rotatable bonds is 3. The number of amides is 2. The molecule has 1 saturated heterocycles. The lowest BCUT2D eigenvalue weighted by molar-refractivity contribution is 0.111. The number of nitrogens with zero attached hydrogens (tertiary/aromatic N) is 2. The number of aromatic nitrogens is 1. The Labute approximate surface area is 158 Å². The second kappa shape index (κ2) is 7.21. The molecule has 1 aromatic heterocycles. The van der Waals surface area contributed by atoms with Crippen molar-refractivity contribution in [2.24, 2.45) is 0 Å². The molecule has 0 bridgehead atoms. The maximum absolute atomic E-state index is 13.5. The van der Waals surface area contributed by atoms with Gasteiger partial charge in [-0.15, -0.1) is 11.3 Å². The first kappa shape index (κ1) is 17.8. The Morgan fingerprint density at radius 2 is 2.11 bits per heavy atom. The summed E-state index contributed by atoms with van der Waals surface area (Å²) < 4.78 is 32.8. The van der Waals surface area contributed by atoms with Crippen molar-refractivity contribution < 1.29 is 18.3 Å². The van der Waals surface area contributed by atoms with Gasteiger partial charge in [0, 0.05) is 31.5 Å². The number of carbonyl (C=O) groups is 1. The van der Waals surface area contributed by atoms with Crippen molar-refractivity contribution >= 4 is 33.3 Å². The smallest absolute Gasteiger partial charge is 0.321 e. The topological polar surface area (TPSA) is 54.5 Å². The largest absolute Gasteiger partial charge is 0.380 e. The molecule has 2 aromatic carbocycles. The zero-order valence-corrected chi connectivity index (χ0v) is 15.4. The zero-order valence-electron chi connectivity index (χ0n) is 14.5. The van der Waals surface area contributed by atoms with E-state index in [2.05, 4.69) is 10.3 Å². The average molecular weight is 389 g/mol. The van der Waals surface area contributed by atoms with Gasteiger partial charge in [-0.05, 0) is 42.8 Å². The number of fused-ring (bicyclic) bond motifs is 1. The van der Waals surface area contributed by atoms with Gasteiger partial charge in [0.2, 0.25) is 0 Å². The molecule has 1 N–H and O–H groups in total. The monoisotopic (exact) mass is 389 g/mol. The molecule has 1 fully saturated rings. The molecule has 2 heterocycles. The van der Waals surface area contributed by atoms with Gasteiger partial charge in [0.15, 0.2) is 11.6 Å². The van der Waals surface area contributed by atoms with Crippen LogP contribution in [0.5, 0.6) is 0 Å². The maximum Gasteiger partial charge on any atom is 0.321 e. The van der Waals surface area contributed by atoms with E-state index < -0.39 is 11.6 Å². The Kier molecular flexibility index (Phi) is 4.75. The first-order valence-electron chi connectivity index (χ1n) is 8.48. The average Bonchev–Trinajstić information content (AvgIpc) is 3.30. The number of ether oxygens (including phenoxy) is 1. The van der Waals surface area contributed by atoms with Crippen LogP contribution in [0.3, 0.4) is 0 Å². The van der Waals surface area contributed by atoms with Crippen LogP contribution in [0, 0.1) is 11.6 Å². The number of thiazole rings is 1. The number of halogens is 2. The van der Waals surface area contributed by atoms with E-state index in [1.807, 2.05) is 6.07 Å². The number of hydrogen-bond acceptors (Lipinski definition) is 4. The number of carbonyl (C=O) groups excluding carboxylic acids is 1. The predicted octanol–water partition coefficient (Wildman–Crippen LogP) is 4.49. The second-order valence-corrected chi connectivity index (χ2v) is 7.38. The lowest BCUT2D eigenvalue weighted by atomic mass is 10.2. The molecule has 4 rings (SSSR count). The highest BCUT2D eigenvalue weighted by atomic mass is 32.1. The van der Waals surface area contributed by atoms with Crippen LogP contribution in [0.4, 0.5) is 19.3 Å². The summed E-state index contributed by atoms with van der Waals surface area (Å²) in [4.78, 5) is 18.6. The van der Waals surface area contributed by atoms with E-state index in [1.165, 1.54) is 17.4 Å². The van der Waals surface area contributed by atoms with Crippen molar-refractivity contribution in [3.8, 4) is 10.6 Å². The third-order valence-electron chi connectivity index (χ3n) is 4.57. The van der Waals surface area contributed by atoms with E-state index in [0.29, 0.717) is 34.9 Å². The fourth-order valence-electron chi connectivity index (χ4n) is 3.07. The molecule has 5 nitrogen and oxygen atoms in total. The summed E-state index contributed by atoms with van der Waals surface area (Å²) in [5.41, 5.74) is 1.84. The lowest BCUT2D eigenvalue weighted by Crippen LogP contribution is -2.33. The molecule has 140 valence electrons. The molecule has 3 aromatic rings. The van der Waals surface area contributed by atoms with Crippen LogP contribution in [0.2, 0.25) is 0 Å². The number of urea groups is 1. The van der Waals surface area contributed by atoms with E-state index in [4.69, 9.17) is 4.74 Å². The molecule has 0 saturated carbocycles. The second-order valence-electron chi connectivity index (χ2n) is 6.35. The highest BCUT2D eigenvalue weighted by molar-refractivity contribution is 7.21. The normalized spacial score (nSPS) is 16.9. The molecule has 1 unspecified atom stereocenters. The number of likely N-dealkylation sites (tertiary alicyclic amines) is 1. The Morgan fingerprint density at radius 3 is 2.85 bits per heavy atom. The van der Waals surface area contributed by atoms with E-state index in [0.717, 1.165) is 23.3 Å². The van der Waals surface area contributed by atoms with Gasteiger partial charge in [0.1, 0.15) is 5.01 Å². The quantitative estimate of drug-likeness (QED) is 0.718. The third-order valence-corrected chi connectivity index (χ3v) is 5.66. The van der Waals surface area contributed by atoms with Gasteiger partial charge in [-0.3, -0.25) is 0 Å². The van der Waals surface area contributed by atoms with E-state index in [9.17, 15) is 13.6 Å². The summed E-state index contributed by atoms with van der Waals surface area (Å²) in [6.45, 7) is 1.23. The van der Waals surface area contributed by atoms with E-state index in [1.54, 1.807) is 24.1 Å². The van der Waals surface area contributed by atoms with Gasteiger partial charge in [0.05, 0.1) is 16.3 Å². The van der Waals surface area contributed by atoms with Gasteiger partial charge in [0.25, 0.3) is 0 Å². The van der Waals surface area contributed by atoms with Crippen LogP contribution in [0.1, 0.15) is 6.42 Å². The first-order chi connectivity index (χ1) is 13.0. The molecule has 1 aliphatic heterocycles. The van der Waals surface area contributed by atoms with Gasteiger partial charge in [-0.2, -0.15) is 0 Å². The van der Waals surface area contributed by atoms with Crippen molar-refractivity contribution in [2.45, 2.75) is 12.5 Å². The van der Waals surface area contributed by atoms with Crippen LogP contribution in [-0.4, -0.2) is 42.2 Å². The fraction of sp³-hybridized carbons (Fsp3) is 0.263. The minimum atomic E-state index is -0.903. The van der Waals surface area contributed by atoms with Crippen molar-refractivity contribution in [3.63, 3.8) is 0 Å². The molecule has 1 atom stereocenters. The van der Waals surface area contributed by atoms with Gasteiger partial charge < -0.3 is 15.0 Å². The number of anilines is 1. The van der Waals surface area contributed by atoms with Crippen LogP contribution in [-0.2, 0) is 4.74 Å². The minimum absolute atomic E-state index is 0.0791. The van der Waals surface area contributed by atoms with Crippen molar-refractivity contribution in [1.29, 1.82) is 0 Å². The maximum atomic E-state index is 13.5. The van der Waals surface area contributed by atoms with Gasteiger partial charge >= 0.3 is 6.03 Å². The predicted molar refractivity (Wildman–Crippen MR) is 101 cm³/mol. The standard InChI is InChI=1S/C19H17F2N3O2S/c1-26-13-6-7-24(10-13)19(25)22-12-3-5-17-16(9-12)23-18(27-17)11-2-4-14(20)15(21)8-11/h2-5,8-9,13H,6-7,10H2,1H3,(H,22,25). The minimum Gasteiger partial charge on any atom is -0.380 e. The van der Waals surface area contributed by atoms with Crippen LogP contribution in [0.25, 0.3) is 20.8 Å². The summed E-state index contributed by atoms with van der Waals surface area (Å²) >= 11 is 1.38. The lowest BCUT2D eigenvalue weighted by Gasteiger charge is -2.17. The summed E-state index contributed by atoms with van der Waals surface area (Å²) in [5, 5.41) is 3.47. The Balaban J connectivity index is 1.54. The van der Waals surface area contributed by atoms with Crippen LogP contribution < -0.4 is 5.32 Å². The SMILES string of the molecule is COC1CCN(C(=O)Nc2ccc3sc(-c4ccc(F)c(F)c4)nc3c2)C1.